The lowest BCUT2D eigenvalue weighted by Crippen LogP contribution is -1.88. The van der Waals surface area contributed by atoms with E-state index < -0.39 is 0 Å². The highest BCUT2D eigenvalue weighted by molar-refractivity contribution is 14.1. The second-order valence-corrected chi connectivity index (χ2v) is 3.82. The molecule has 0 fully saturated rings. The molecule has 0 radical (unpaired) electrons. The SMILES string of the molecule is Cc1cc2c(I)cccc2nn1. The molecule has 2 aromatic rings. The van der Waals surface area contributed by atoms with Crippen LogP contribution >= 0.6 is 22.6 Å². The maximum Gasteiger partial charge on any atom is 0.0940 e. The van der Waals surface area contributed by atoms with E-state index in [1.807, 2.05) is 19.1 Å². The highest BCUT2D eigenvalue weighted by Gasteiger charge is 1.98. The van der Waals surface area contributed by atoms with Crippen molar-refractivity contribution in [2.24, 2.45) is 0 Å². The largest absolute Gasteiger partial charge is 0.155 e. The molecule has 0 aliphatic carbocycles. The Labute approximate surface area is 84.1 Å². The molecule has 2 rings (SSSR count). The fraction of sp³-hybridized carbons (Fsp3) is 0.111. The molecule has 1 heterocycles. The van der Waals surface area contributed by atoms with Gasteiger partial charge in [-0.05, 0) is 47.7 Å². The van der Waals surface area contributed by atoms with Crippen LogP contribution in [0.4, 0.5) is 0 Å². The fourth-order valence-corrected chi connectivity index (χ4v) is 1.77. The summed E-state index contributed by atoms with van der Waals surface area (Å²) in [5.41, 5.74) is 1.93. The predicted octanol–water partition coefficient (Wildman–Crippen LogP) is 2.54. The summed E-state index contributed by atoms with van der Waals surface area (Å²) in [5, 5.41) is 9.27. The van der Waals surface area contributed by atoms with Crippen LogP contribution in [-0.2, 0) is 0 Å². The number of hydrogen-bond donors (Lipinski definition) is 0. The molecule has 0 atom stereocenters. The fourth-order valence-electron chi connectivity index (χ4n) is 1.13. The summed E-state index contributed by atoms with van der Waals surface area (Å²) in [7, 11) is 0. The molecule has 0 saturated carbocycles. The summed E-state index contributed by atoms with van der Waals surface area (Å²) in [6.45, 7) is 1.95. The molecule has 0 amide bonds. The molecule has 0 aliphatic rings. The summed E-state index contributed by atoms with van der Waals surface area (Å²) in [6.07, 6.45) is 0. The maximum absolute atomic E-state index is 4.09. The molecule has 60 valence electrons. The molecular weight excluding hydrogens is 263 g/mol. The van der Waals surface area contributed by atoms with Crippen LogP contribution in [0, 0.1) is 10.5 Å². The average Bonchev–Trinajstić information content (AvgIpc) is 2.07. The Bertz CT molecular complexity index is 426. The lowest BCUT2D eigenvalue weighted by atomic mass is 10.2. The van der Waals surface area contributed by atoms with E-state index in [-0.39, 0.29) is 0 Å². The number of hydrogen-bond acceptors (Lipinski definition) is 2. The van der Waals surface area contributed by atoms with E-state index >= 15 is 0 Å². The van der Waals surface area contributed by atoms with Gasteiger partial charge in [0.05, 0.1) is 11.2 Å². The van der Waals surface area contributed by atoms with Gasteiger partial charge in [-0.3, -0.25) is 0 Å². The van der Waals surface area contributed by atoms with E-state index in [4.69, 9.17) is 0 Å². The first-order valence-electron chi connectivity index (χ1n) is 3.66. The van der Waals surface area contributed by atoms with Gasteiger partial charge in [0.1, 0.15) is 0 Å². The lowest BCUT2D eigenvalue weighted by Gasteiger charge is -1.98. The first-order chi connectivity index (χ1) is 5.77. The Morgan fingerprint density at radius 1 is 1.25 bits per heavy atom. The van der Waals surface area contributed by atoms with Gasteiger partial charge < -0.3 is 0 Å². The summed E-state index contributed by atoms with van der Waals surface area (Å²) in [6, 6.07) is 8.10. The lowest BCUT2D eigenvalue weighted by molar-refractivity contribution is 1.02. The number of rotatable bonds is 0. The first kappa shape index (κ1) is 7.91. The number of halogens is 1. The van der Waals surface area contributed by atoms with Crippen LogP contribution < -0.4 is 0 Å². The van der Waals surface area contributed by atoms with E-state index in [2.05, 4.69) is 44.9 Å². The Hall–Kier alpha value is -0.710. The molecule has 2 nitrogen and oxygen atoms in total. The number of benzene rings is 1. The predicted molar refractivity (Wildman–Crippen MR) is 57.0 cm³/mol. The van der Waals surface area contributed by atoms with Crippen LogP contribution in [0.1, 0.15) is 5.69 Å². The van der Waals surface area contributed by atoms with Crippen molar-refractivity contribution >= 4 is 33.5 Å². The molecule has 0 N–H and O–H groups in total. The Morgan fingerprint density at radius 3 is 2.92 bits per heavy atom. The second kappa shape index (κ2) is 2.97. The van der Waals surface area contributed by atoms with E-state index in [1.165, 1.54) is 8.96 Å². The molecule has 12 heavy (non-hydrogen) atoms. The Morgan fingerprint density at radius 2 is 2.08 bits per heavy atom. The summed E-state index contributed by atoms with van der Waals surface area (Å²) in [4.78, 5) is 0. The van der Waals surface area contributed by atoms with Crippen LogP contribution in [-0.4, -0.2) is 10.2 Å². The standard InChI is InChI=1S/C9H7IN2/c1-6-5-7-8(10)3-2-4-9(7)12-11-6/h2-5H,1H3. The quantitative estimate of drug-likeness (QED) is 0.687. The third-order valence-electron chi connectivity index (χ3n) is 1.70. The second-order valence-electron chi connectivity index (χ2n) is 2.66. The van der Waals surface area contributed by atoms with Gasteiger partial charge >= 0.3 is 0 Å². The van der Waals surface area contributed by atoms with Gasteiger partial charge in [0.25, 0.3) is 0 Å². The van der Waals surface area contributed by atoms with Gasteiger partial charge in [-0.15, -0.1) is 0 Å². The van der Waals surface area contributed by atoms with Crippen molar-refractivity contribution in [3.05, 3.63) is 33.5 Å². The van der Waals surface area contributed by atoms with Gasteiger partial charge in [0, 0.05) is 8.96 Å². The zero-order chi connectivity index (χ0) is 8.55. The average molecular weight is 270 g/mol. The minimum atomic E-state index is 0.964. The smallest absolute Gasteiger partial charge is 0.0940 e. The van der Waals surface area contributed by atoms with Crippen molar-refractivity contribution in [1.29, 1.82) is 0 Å². The van der Waals surface area contributed by atoms with Gasteiger partial charge in [0.15, 0.2) is 0 Å². The Kier molecular flexibility index (Phi) is 1.96. The van der Waals surface area contributed by atoms with E-state index in [0.717, 1.165) is 11.2 Å². The normalized spacial score (nSPS) is 10.5. The minimum Gasteiger partial charge on any atom is -0.155 e. The third-order valence-corrected chi connectivity index (χ3v) is 2.64. The number of aryl methyl sites for hydroxylation is 1. The molecule has 0 bridgehead atoms. The number of aromatic nitrogens is 2. The van der Waals surface area contributed by atoms with Crippen molar-refractivity contribution in [1.82, 2.24) is 10.2 Å². The van der Waals surface area contributed by atoms with Gasteiger partial charge in [-0.1, -0.05) is 6.07 Å². The van der Waals surface area contributed by atoms with E-state index in [1.54, 1.807) is 0 Å². The molecule has 1 aromatic carbocycles. The van der Waals surface area contributed by atoms with Crippen LogP contribution in [0.2, 0.25) is 0 Å². The van der Waals surface area contributed by atoms with Gasteiger partial charge in [-0.25, -0.2) is 0 Å². The highest BCUT2D eigenvalue weighted by Crippen LogP contribution is 2.18. The topological polar surface area (TPSA) is 25.8 Å². The first-order valence-corrected chi connectivity index (χ1v) is 4.74. The molecular formula is C9H7IN2. The molecule has 0 spiro atoms. The van der Waals surface area contributed by atoms with Crippen molar-refractivity contribution in [3.8, 4) is 0 Å². The highest BCUT2D eigenvalue weighted by atomic mass is 127. The molecule has 3 heteroatoms. The van der Waals surface area contributed by atoms with Crippen LogP contribution in [0.3, 0.4) is 0 Å². The third kappa shape index (κ3) is 1.29. The zero-order valence-electron chi connectivity index (χ0n) is 6.58. The van der Waals surface area contributed by atoms with E-state index in [9.17, 15) is 0 Å². The zero-order valence-corrected chi connectivity index (χ0v) is 8.74. The van der Waals surface area contributed by atoms with Crippen LogP contribution in [0.5, 0.6) is 0 Å². The summed E-state index contributed by atoms with van der Waals surface area (Å²) < 4.78 is 1.23. The van der Waals surface area contributed by atoms with Crippen molar-refractivity contribution < 1.29 is 0 Å². The molecule has 0 unspecified atom stereocenters. The summed E-state index contributed by atoms with van der Waals surface area (Å²) >= 11 is 2.31. The maximum atomic E-state index is 4.09. The van der Waals surface area contributed by atoms with Crippen molar-refractivity contribution in [2.75, 3.05) is 0 Å². The van der Waals surface area contributed by atoms with Crippen molar-refractivity contribution in [3.63, 3.8) is 0 Å². The van der Waals surface area contributed by atoms with E-state index in [0.29, 0.717) is 0 Å². The van der Waals surface area contributed by atoms with Crippen molar-refractivity contribution in [2.45, 2.75) is 6.92 Å². The number of nitrogens with zero attached hydrogens (tertiary/aromatic N) is 2. The van der Waals surface area contributed by atoms with Crippen LogP contribution in [0.15, 0.2) is 24.3 Å². The van der Waals surface area contributed by atoms with Crippen LogP contribution in [0.25, 0.3) is 10.9 Å². The molecule has 0 aliphatic heterocycles. The minimum absolute atomic E-state index is 0.964. The summed E-state index contributed by atoms with van der Waals surface area (Å²) in [5.74, 6) is 0. The van der Waals surface area contributed by atoms with Gasteiger partial charge in [0.2, 0.25) is 0 Å². The molecule has 0 saturated heterocycles. The molecule has 1 aromatic heterocycles. The monoisotopic (exact) mass is 270 g/mol. The number of fused-ring (bicyclic) bond motifs is 1. The Balaban J connectivity index is 2.88. The van der Waals surface area contributed by atoms with Gasteiger partial charge in [-0.2, -0.15) is 10.2 Å².